The number of aryl methyl sites for hydroxylation is 1. The zero-order chi connectivity index (χ0) is 8.97. The van der Waals surface area contributed by atoms with E-state index in [1.165, 1.54) is 0 Å². The molecule has 1 rings (SSSR count). The Morgan fingerprint density at radius 1 is 1.75 bits per heavy atom. The van der Waals surface area contributed by atoms with E-state index in [1.54, 1.807) is 11.8 Å². The molecule has 0 radical (unpaired) electrons. The summed E-state index contributed by atoms with van der Waals surface area (Å²) in [5, 5.41) is 1.49. The SMILES string of the molecule is CCn1ccnc1SC(C)CCl. The molecular formula is C8H13ClN2S. The van der Waals surface area contributed by atoms with Crippen LogP contribution in [-0.2, 0) is 6.54 Å². The predicted octanol–water partition coefficient (Wildman–Crippen LogP) is 2.62. The number of rotatable bonds is 4. The minimum atomic E-state index is 0.430. The third-order valence-corrected chi connectivity index (χ3v) is 3.31. The second kappa shape index (κ2) is 4.77. The Bertz CT molecular complexity index is 237. The Hall–Kier alpha value is -0.150. The van der Waals surface area contributed by atoms with Gasteiger partial charge in [0.1, 0.15) is 0 Å². The highest BCUT2D eigenvalue weighted by atomic mass is 35.5. The van der Waals surface area contributed by atoms with Gasteiger partial charge in [-0.2, -0.15) is 0 Å². The topological polar surface area (TPSA) is 17.8 Å². The first-order valence-corrected chi connectivity index (χ1v) is 5.43. The van der Waals surface area contributed by atoms with Crippen LogP contribution in [-0.4, -0.2) is 20.7 Å². The first kappa shape index (κ1) is 9.93. The van der Waals surface area contributed by atoms with Crippen LogP contribution in [0.4, 0.5) is 0 Å². The fourth-order valence-corrected chi connectivity index (χ4v) is 1.92. The van der Waals surface area contributed by atoms with Crippen LogP contribution in [0.25, 0.3) is 0 Å². The second-order valence-electron chi connectivity index (χ2n) is 2.58. The van der Waals surface area contributed by atoms with Crippen molar-refractivity contribution in [3.05, 3.63) is 12.4 Å². The van der Waals surface area contributed by atoms with E-state index in [0.29, 0.717) is 11.1 Å². The van der Waals surface area contributed by atoms with Gasteiger partial charge in [0.2, 0.25) is 0 Å². The molecule has 0 aromatic carbocycles. The molecule has 2 nitrogen and oxygen atoms in total. The summed E-state index contributed by atoms with van der Waals surface area (Å²) < 4.78 is 2.12. The summed E-state index contributed by atoms with van der Waals surface area (Å²) in [6.07, 6.45) is 3.82. The van der Waals surface area contributed by atoms with E-state index in [4.69, 9.17) is 11.6 Å². The molecule has 0 aliphatic rings. The largest absolute Gasteiger partial charge is 0.326 e. The summed E-state index contributed by atoms with van der Waals surface area (Å²) in [7, 11) is 0. The summed E-state index contributed by atoms with van der Waals surface area (Å²) in [6.45, 7) is 5.18. The third kappa shape index (κ3) is 2.42. The number of nitrogens with zero attached hydrogens (tertiary/aromatic N) is 2. The lowest BCUT2D eigenvalue weighted by Gasteiger charge is -2.07. The molecule has 68 valence electrons. The molecule has 0 bridgehead atoms. The molecule has 0 aliphatic carbocycles. The maximum atomic E-state index is 5.71. The first-order valence-electron chi connectivity index (χ1n) is 4.01. The molecule has 1 unspecified atom stereocenters. The van der Waals surface area contributed by atoms with Gasteiger partial charge in [0.05, 0.1) is 0 Å². The van der Waals surface area contributed by atoms with E-state index in [1.807, 2.05) is 12.4 Å². The second-order valence-corrected chi connectivity index (χ2v) is 4.29. The Balaban J connectivity index is 2.61. The van der Waals surface area contributed by atoms with E-state index >= 15 is 0 Å². The lowest BCUT2D eigenvalue weighted by molar-refractivity contribution is 0.680. The van der Waals surface area contributed by atoms with Gasteiger partial charge >= 0.3 is 0 Å². The van der Waals surface area contributed by atoms with Gasteiger partial charge in [0, 0.05) is 30.1 Å². The van der Waals surface area contributed by atoms with Crippen LogP contribution in [0.1, 0.15) is 13.8 Å². The van der Waals surface area contributed by atoms with Crippen LogP contribution < -0.4 is 0 Å². The Kier molecular flexibility index (Phi) is 3.95. The van der Waals surface area contributed by atoms with Gasteiger partial charge in [-0.05, 0) is 6.92 Å². The quantitative estimate of drug-likeness (QED) is 0.555. The summed E-state index contributed by atoms with van der Waals surface area (Å²) >= 11 is 7.43. The van der Waals surface area contributed by atoms with Crippen molar-refractivity contribution in [3.63, 3.8) is 0 Å². The van der Waals surface area contributed by atoms with Gasteiger partial charge < -0.3 is 4.57 Å². The van der Waals surface area contributed by atoms with E-state index in [9.17, 15) is 0 Å². The van der Waals surface area contributed by atoms with Gasteiger partial charge in [0.25, 0.3) is 0 Å². The molecule has 0 fully saturated rings. The van der Waals surface area contributed by atoms with Crippen molar-refractivity contribution in [2.45, 2.75) is 30.8 Å². The highest BCUT2D eigenvalue weighted by molar-refractivity contribution is 7.99. The van der Waals surface area contributed by atoms with Crippen LogP contribution in [0.5, 0.6) is 0 Å². The Morgan fingerprint density at radius 2 is 2.50 bits per heavy atom. The number of alkyl halides is 1. The van der Waals surface area contributed by atoms with Crippen molar-refractivity contribution in [1.29, 1.82) is 0 Å². The molecule has 0 spiro atoms. The number of aromatic nitrogens is 2. The first-order chi connectivity index (χ1) is 5.77. The molecule has 0 N–H and O–H groups in total. The minimum absolute atomic E-state index is 0.430. The van der Waals surface area contributed by atoms with Crippen molar-refractivity contribution in [3.8, 4) is 0 Å². The monoisotopic (exact) mass is 204 g/mol. The van der Waals surface area contributed by atoms with Crippen LogP contribution in [0.2, 0.25) is 0 Å². The van der Waals surface area contributed by atoms with Crippen molar-refractivity contribution < 1.29 is 0 Å². The normalized spacial score (nSPS) is 13.2. The van der Waals surface area contributed by atoms with Gasteiger partial charge in [-0.15, -0.1) is 11.6 Å². The van der Waals surface area contributed by atoms with Crippen molar-refractivity contribution >= 4 is 23.4 Å². The summed E-state index contributed by atoms with van der Waals surface area (Å²) in [5.74, 6) is 0.668. The maximum absolute atomic E-state index is 5.71. The Morgan fingerprint density at radius 3 is 3.08 bits per heavy atom. The molecule has 0 saturated carbocycles. The van der Waals surface area contributed by atoms with Gasteiger partial charge in [-0.1, -0.05) is 18.7 Å². The number of hydrogen-bond donors (Lipinski definition) is 0. The van der Waals surface area contributed by atoms with Crippen LogP contribution in [0.15, 0.2) is 17.6 Å². The maximum Gasteiger partial charge on any atom is 0.168 e. The van der Waals surface area contributed by atoms with Crippen molar-refractivity contribution in [1.82, 2.24) is 9.55 Å². The highest BCUT2D eigenvalue weighted by Crippen LogP contribution is 2.21. The van der Waals surface area contributed by atoms with E-state index in [0.717, 1.165) is 11.7 Å². The average molecular weight is 205 g/mol. The lowest BCUT2D eigenvalue weighted by Crippen LogP contribution is -2.01. The van der Waals surface area contributed by atoms with Crippen molar-refractivity contribution in [2.75, 3.05) is 5.88 Å². The molecule has 0 saturated heterocycles. The van der Waals surface area contributed by atoms with Crippen LogP contribution in [0.3, 0.4) is 0 Å². The summed E-state index contributed by atoms with van der Waals surface area (Å²) in [4.78, 5) is 4.24. The highest BCUT2D eigenvalue weighted by Gasteiger charge is 2.06. The number of hydrogen-bond acceptors (Lipinski definition) is 2. The molecule has 12 heavy (non-hydrogen) atoms. The fraction of sp³-hybridized carbons (Fsp3) is 0.625. The third-order valence-electron chi connectivity index (χ3n) is 1.54. The van der Waals surface area contributed by atoms with Gasteiger partial charge in [-0.25, -0.2) is 4.98 Å². The zero-order valence-corrected chi connectivity index (χ0v) is 8.90. The average Bonchev–Trinajstić information content (AvgIpc) is 2.51. The van der Waals surface area contributed by atoms with Gasteiger partial charge in [-0.3, -0.25) is 0 Å². The number of halogens is 1. The molecular weight excluding hydrogens is 192 g/mol. The fourth-order valence-electron chi connectivity index (χ4n) is 0.866. The summed E-state index contributed by atoms with van der Waals surface area (Å²) in [6, 6.07) is 0. The van der Waals surface area contributed by atoms with Gasteiger partial charge in [0.15, 0.2) is 5.16 Å². The van der Waals surface area contributed by atoms with Crippen LogP contribution >= 0.6 is 23.4 Å². The Labute approximate surface area is 82.3 Å². The van der Waals surface area contributed by atoms with Crippen LogP contribution in [0, 0.1) is 0 Å². The standard InChI is InChI=1S/C8H13ClN2S/c1-3-11-5-4-10-8(11)12-7(2)6-9/h4-5,7H,3,6H2,1-2H3. The molecule has 0 aliphatic heterocycles. The molecule has 1 aromatic heterocycles. The molecule has 1 heterocycles. The predicted molar refractivity (Wildman–Crippen MR) is 53.9 cm³/mol. The minimum Gasteiger partial charge on any atom is -0.326 e. The molecule has 1 aromatic rings. The number of imidazole rings is 1. The van der Waals surface area contributed by atoms with E-state index < -0.39 is 0 Å². The summed E-state index contributed by atoms with van der Waals surface area (Å²) in [5.41, 5.74) is 0. The smallest absolute Gasteiger partial charge is 0.168 e. The van der Waals surface area contributed by atoms with E-state index in [2.05, 4.69) is 23.4 Å². The van der Waals surface area contributed by atoms with E-state index in [-0.39, 0.29) is 0 Å². The molecule has 1 atom stereocenters. The molecule has 0 amide bonds. The molecule has 4 heteroatoms. The lowest BCUT2D eigenvalue weighted by atomic mass is 10.6. The number of thioether (sulfide) groups is 1. The van der Waals surface area contributed by atoms with Crippen molar-refractivity contribution in [2.24, 2.45) is 0 Å². The zero-order valence-electron chi connectivity index (χ0n) is 7.33.